The Morgan fingerprint density at radius 3 is 2.62 bits per heavy atom. The Labute approximate surface area is 137 Å². The zero-order chi connectivity index (χ0) is 16.9. The monoisotopic (exact) mass is 325 g/mol. The molecule has 0 aliphatic heterocycles. The number of aromatic amines is 1. The predicted molar refractivity (Wildman–Crippen MR) is 87.1 cm³/mol. The smallest absolute Gasteiger partial charge is 0.255 e. The molecule has 1 amide bonds. The molecule has 0 aliphatic rings. The van der Waals surface area contributed by atoms with Crippen molar-refractivity contribution >= 4 is 11.6 Å². The van der Waals surface area contributed by atoms with Gasteiger partial charge in [0.2, 0.25) is 5.82 Å². The number of anilines is 1. The first-order chi connectivity index (χ1) is 11.7. The molecule has 2 aromatic carbocycles. The molecule has 0 spiro atoms. The average molecular weight is 325 g/mol. The van der Waals surface area contributed by atoms with Crippen molar-refractivity contribution in [3.8, 4) is 22.9 Å². The molecule has 3 rings (SSSR count). The van der Waals surface area contributed by atoms with Crippen LogP contribution in [0.2, 0.25) is 0 Å². The van der Waals surface area contributed by atoms with E-state index in [2.05, 4.69) is 25.9 Å². The van der Waals surface area contributed by atoms with Crippen molar-refractivity contribution in [2.75, 3.05) is 19.5 Å². The van der Waals surface area contributed by atoms with Crippen LogP contribution >= 0.6 is 0 Å². The fraction of sp³-hybridized carbons (Fsp3) is 0.125. The van der Waals surface area contributed by atoms with Crippen molar-refractivity contribution in [3.05, 3.63) is 48.0 Å². The maximum absolute atomic E-state index is 12.4. The van der Waals surface area contributed by atoms with Gasteiger partial charge in [0.1, 0.15) is 0 Å². The fourth-order valence-corrected chi connectivity index (χ4v) is 2.20. The number of hydrogen-bond donors (Lipinski definition) is 2. The number of aromatic nitrogens is 4. The lowest BCUT2D eigenvalue weighted by Crippen LogP contribution is -2.12. The molecule has 0 fully saturated rings. The Morgan fingerprint density at radius 1 is 1.08 bits per heavy atom. The number of nitrogens with zero attached hydrogens (tertiary/aromatic N) is 3. The number of amides is 1. The van der Waals surface area contributed by atoms with Gasteiger partial charge < -0.3 is 14.8 Å². The fourth-order valence-electron chi connectivity index (χ4n) is 2.20. The van der Waals surface area contributed by atoms with Gasteiger partial charge in [0.05, 0.1) is 14.2 Å². The highest BCUT2D eigenvalue weighted by molar-refractivity contribution is 6.04. The van der Waals surface area contributed by atoms with Crippen molar-refractivity contribution in [1.29, 1.82) is 0 Å². The number of carbonyl (C=O) groups is 1. The molecule has 0 atom stereocenters. The van der Waals surface area contributed by atoms with Crippen LogP contribution in [0.15, 0.2) is 42.5 Å². The van der Waals surface area contributed by atoms with E-state index >= 15 is 0 Å². The van der Waals surface area contributed by atoms with Crippen molar-refractivity contribution < 1.29 is 14.3 Å². The van der Waals surface area contributed by atoms with E-state index in [0.29, 0.717) is 28.6 Å². The number of ether oxygens (including phenoxy) is 2. The number of H-pyrrole nitrogens is 1. The summed E-state index contributed by atoms with van der Waals surface area (Å²) in [5, 5.41) is 16.6. The molecular formula is C16H15N5O3. The molecule has 122 valence electrons. The summed E-state index contributed by atoms with van der Waals surface area (Å²) in [6.07, 6.45) is 0. The third kappa shape index (κ3) is 3.17. The van der Waals surface area contributed by atoms with Crippen LogP contribution in [0.3, 0.4) is 0 Å². The molecule has 0 radical (unpaired) electrons. The van der Waals surface area contributed by atoms with Gasteiger partial charge in [-0.2, -0.15) is 5.21 Å². The molecule has 8 nitrogen and oxygen atoms in total. The van der Waals surface area contributed by atoms with Gasteiger partial charge in [-0.1, -0.05) is 12.1 Å². The molecule has 8 heteroatoms. The molecule has 2 N–H and O–H groups in total. The second-order valence-corrected chi connectivity index (χ2v) is 4.84. The Morgan fingerprint density at radius 2 is 1.92 bits per heavy atom. The molecule has 3 aromatic rings. The first-order valence-corrected chi connectivity index (χ1v) is 7.08. The Hall–Kier alpha value is -3.42. The zero-order valence-electron chi connectivity index (χ0n) is 13.1. The minimum atomic E-state index is -0.263. The van der Waals surface area contributed by atoms with Gasteiger partial charge in [-0.25, -0.2) is 0 Å². The van der Waals surface area contributed by atoms with Crippen LogP contribution in [-0.4, -0.2) is 40.8 Å². The highest BCUT2D eigenvalue weighted by atomic mass is 16.5. The number of hydrogen-bond acceptors (Lipinski definition) is 6. The van der Waals surface area contributed by atoms with Crippen LogP contribution in [-0.2, 0) is 0 Å². The summed E-state index contributed by atoms with van der Waals surface area (Å²) in [5.74, 6) is 1.25. The summed E-state index contributed by atoms with van der Waals surface area (Å²) in [6.45, 7) is 0. The Balaban J connectivity index is 1.81. The van der Waals surface area contributed by atoms with Gasteiger partial charge >= 0.3 is 0 Å². The second-order valence-electron chi connectivity index (χ2n) is 4.84. The normalized spacial score (nSPS) is 10.2. The summed E-state index contributed by atoms with van der Waals surface area (Å²) in [6, 6.07) is 12.2. The third-order valence-corrected chi connectivity index (χ3v) is 3.37. The van der Waals surface area contributed by atoms with Gasteiger partial charge in [-0.05, 0) is 35.5 Å². The molecule has 0 aliphatic carbocycles. The summed E-state index contributed by atoms with van der Waals surface area (Å²) in [7, 11) is 3.06. The van der Waals surface area contributed by atoms with Gasteiger partial charge in [0.15, 0.2) is 11.5 Å². The van der Waals surface area contributed by atoms with E-state index < -0.39 is 0 Å². The van der Waals surface area contributed by atoms with E-state index in [9.17, 15) is 4.79 Å². The minimum Gasteiger partial charge on any atom is -0.493 e. The Bertz CT molecular complexity index is 849. The molecule has 0 saturated carbocycles. The maximum atomic E-state index is 12.4. The van der Waals surface area contributed by atoms with E-state index in [1.54, 1.807) is 43.5 Å². The molecule has 0 saturated heterocycles. The number of tetrazole rings is 1. The average Bonchev–Trinajstić information content (AvgIpc) is 3.16. The zero-order valence-corrected chi connectivity index (χ0v) is 13.1. The highest BCUT2D eigenvalue weighted by Crippen LogP contribution is 2.28. The summed E-state index contributed by atoms with van der Waals surface area (Å²) in [5.41, 5.74) is 1.82. The van der Waals surface area contributed by atoms with Gasteiger partial charge in [-0.3, -0.25) is 4.79 Å². The SMILES string of the molecule is COc1ccc(C(=O)Nc2cccc(-c3nn[nH]n3)c2)cc1OC. The molecule has 0 bridgehead atoms. The lowest BCUT2D eigenvalue weighted by atomic mass is 10.1. The minimum absolute atomic E-state index is 0.263. The van der Waals surface area contributed by atoms with Crippen LogP contribution in [0.4, 0.5) is 5.69 Å². The lowest BCUT2D eigenvalue weighted by molar-refractivity contribution is 0.102. The molecule has 0 unspecified atom stereocenters. The van der Waals surface area contributed by atoms with Crippen LogP contribution in [0.25, 0.3) is 11.4 Å². The van der Waals surface area contributed by atoms with Gasteiger partial charge in [0, 0.05) is 16.8 Å². The topological polar surface area (TPSA) is 102 Å². The summed E-state index contributed by atoms with van der Waals surface area (Å²) >= 11 is 0. The van der Waals surface area contributed by atoms with Gasteiger partial charge in [0.25, 0.3) is 5.91 Å². The lowest BCUT2D eigenvalue weighted by Gasteiger charge is -2.10. The molecule has 24 heavy (non-hydrogen) atoms. The first-order valence-electron chi connectivity index (χ1n) is 7.08. The molecule has 1 aromatic heterocycles. The highest BCUT2D eigenvalue weighted by Gasteiger charge is 2.12. The van der Waals surface area contributed by atoms with E-state index in [1.165, 1.54) is 7.11 Å². The van der Waals surface area contributed by atoms with Crippen LogP contribution in [0, 0.1) is 0 Å². The largest absolute Gasteiger partial charge is 0.493 e. The number of carbonyl (C=O) groups excluding carboxylic acids is 1. The maximum Gasteiger partial charge on any atom is 0.255 e. The van der Waals surface area contributed by atoms with Crippen molar-refractivity contribution in [2.45, 2.75) is 0 Å². The number of rotatable bonds is 5. The van der Waals surface area contributed by atoms with E-state index in [4.69, 9.17) is 9.47 Å². The molecule has 1 heterocycles. The number of nitrogens with one attached hydrogen (secondary N) is 2. The summed E-state index contributed by atoms with van der Waals surface area (Å²) < 4.78 is 10.4. The van der Waals surface area contributed by atoms with Crippen molar-refractivity contribution in [3.63, 3.8) is 0 Å². The van der Waals surface area contributed by atoms with Crippen LogP contribution in [0.5, 0.6) is 11.5 Å². The number of benzene rings is 2. The van der Waals surface area contributed by atoms with E-state index in [0.717, 1.165) is 5.56 Å². The number of methoxy groups -OCH3 is 2. The Kier molecular flexibility index (Phi) is 4.37. The predicted octanol–water partition coefficient (Wildman–Crippen LogP) is 2.14. The summed E-state index contributed by atoms with van der Waals surface area (Å²) in [4.78, 5) is 12.4. The third-order valence-electron chi connectivity index (χ3n) is 3.37. The van der Waals surface area contributed by atoms with Crippen molar-refractivity contribution in [1.82, 2.24) is 20.6 Å². The molecular weight excluding hydrogens is 310 g/mol. The van der Waals surface area contributed by atoms with Crippen LogP contribution < -0.4 is 14.8 Å². The van der Waals surface area contributed by atoms with Crippen molar-refractivity contribution in [2.24, 2.45) is 0 Å². The van der Waals surface area contributed by atoms with Gasteiger partial charge in [-0.15, -0.1) is 10.2 Å². The van der Waals surface area contributed by atoms with Crippen LogP contribution in [0.1, 0.15) is 10.4 Å². The quantitative estimate of drug-likeness (QED) is 0.745. The van der Waals surface area contributed by atoms with E-state index in [1.807, 2.05) is 6.07 Å². The second kappa shape index (κ2) is 6.78. The standard InChI is InChI=1S/C16H15N5O3/c1-23-13-7-6-11(9-14(13)24-2)16(22)17-12-5-3-4-10(8-12)15-18-20-21-19-15/h3-9H,1-2H3,(H,17,22)(H,18,19,20,21). The first kappa shape index (κ1) is 15.5. The van der Waals surface area contributed by atoms with E-state index in [-0.39, 0.29) is 5.91 Å².